The summed E-state index contributed by atoms with van der Waals surface area (Å²) in [6.45, 7) is 2.21. The lowest BCUT2D eigenvalue weighted by Gasteiger charge is -2.45. The summed E-state index contributed by atoms with van der Waals surface area (Å²) in [5.74, 6) is 0.0475. The number of carbonyl (C=O) groups is 1. The van der Waals surface area contributed by atoms with E-state index in [0.717, 1.165) is 18.4 Å². The molecule has 0 bridgehead atoms. The Hall–Kier alpha value is -1.57. The van der Waals surface area contributed by atoms with Gasteiger partial charge in [0.25, 0.3) is 0 Å². The largest absolute Gasteiger partial charge is 0.481 e. The standard InChI is InChI=1S/C16H18O2/c1-11-10-12-6-4-5-9-16(12,15(17)18)14-8-3-2-7-13(11)14/h2-5,7-8,11-12H,6,9-10H2,1H3,(H,17,18)/t11-,12+,16+/m1/s1. The molecule has 0 radical (unpaired) electrons. The van der Waals surface area contributed by atoms with E-state index in [-0.39, 0.29) is 5.92 Å². The highest BCUT2D eigenvalue weighted by molar-refractivity contribution is 5.83. The van der Waals surface area contributed by atoms with Crippen LogP contribution in [0.5, 0.6) is 0 Å². The molecule has 3 atom stereocenters. The maximum absolute atomic E-state index is 11.9. The summed E-state index contributed by atoms with van der Waals surface area (Å²) in [5, 5.41) is 9.82. The highest BCUT2D eigenvalue weighted by Gasteiger charge is 2.51. The maximum Gasteiger partial charge on any atom is 0.314 e. The van der Waals surface area contributed by atoms with Crippen molar-refractivity contribution in [2.24, 2.45) is 5.92 Å². The first kappa shape index (κ1) is 11.5. The van der Waals surface area contributed by atoms with Crippen molar-refractivity contribution in [1.29, 1.82) is 0 Å². The monoisotopic (exact) mass is 242 g/mol. The van der Waals surface area contributed by atoms with Gasteiger partial charge in [0.1, 0.15) is 0 Å². The van der Waals surface area contributed by atoms with Crippen LogP contribution < -0.4 is 0 Å². The van der Waals surface area contributed by atoms with E-state index in [9.17, 15) is 9.90 Å². The molecule has 0 amide bonds. The van der Waals surface area contributed by atoms with Crippen molar-refractivity contribution in [2.45, 2.75) is 37.5 Å². The molecule has 0 aliphatic heterocycles. The van der Waals surface area contributed by atoms with E-state index in [1.165, 1.54) is 5.56 Å². The Balaban J connectivity index is 2.24. The second-order valence-corrected chi connectivity index (χ2v) is 5.61. The minimum atomic E-state index is -0.683. The van der Waals surface area contributed by atoms with E-state index in [4.69, 9.17) is 0 Å². The van der Waals surface area contributed by atoms with E-state index in [1.54, 1.807) is 0 Å². The van der Waals surface area contributed by atoms with Crippen molar-refractivity contribution >= 4 is 5.97 Å². The minimum absolute atomic E-state index is 0.241. The zero-order valence-electron chi connectivity index (χ0n) is 10.6. The number of benzene rings is 1. The Labute approximate surface area is 107 Å². The average molecular weight is 242 g/mol. The molecular formula is C16H18O2. The lowest BCUT2D eigenvalue weighted by Crippen LogP contribution is -2.47. The van der Waals surface area contributed by atoms with Crippen molar-refractivity contribution in [2.75, 3.05) is 0 Å². The van der Waals surface area contributed by atoms with Gasteiger partial charge in [-0.3, -0.25) is 4.79 Å². The van der Waals surface area contributed by atoms with Gasteiger partial charge in [0.2, 0.25) is 0 Å². The van der Waals surface area contributed by atoms with Crippen molar-refractivity contribution in [3.8, 4) is 0 Å². The third-order valence-corrected chi connectivity index (χ3v) is 4.72. The Morgan fingerprint density at radius 2 is 2.11 bits per heavy atom. The summed E-state index contributed by atoms with van der Waals surface area (Å²) in [4.78, 5) is 11.9. The lowest BCUT2D eigenvalue weighted by molar-refractivity contribution is -0.147. The first-order chi connectivity index (χ1) is 8.66. The van der Waals surface area contributed by atoms with Gasteiger partial charge in [0.15, 0.2) is 0 Å². The van der Waals surface area contributed by atoms with Crippen LogP contribution in [-0.2, 0) is 10.2 Å². The Bertz CT molecular complexity index is 518. The van der Waals surface area contributed by atoms with E-state index >= 15 is 0 Å². The van der Waals surface area contributed by atoms with Crippen LogP contribution in [0.3, 0.4) is 0 Å². The minimum Gasteiger partial charge on any atom is -0.481 e. The molecule has 1 aromatic rings. The fourth-order valence-electron chi connectivity index (χ4n) is 3.79. The Kier molecular flexibility index (Phi) is 2.54. The molecular weight excluding hydrogens is 224 g/mol. The summed E-state index contributed by atoms with van der Waals surface area (Å²) >= 11 is 0. The second kappa shape index (κ2) is 3.98. The number of carboxylic acids is 1. The summed E-state index contributed by atoms with van der Waals surface area (Å²) < 4.78 is 0. The number of allylic oxidation sites excluding steroid dienone is 2. The second-order valence-electron chi connectivity index (χ2n) is 5.61. The van der Waals surface area contributed by atoms with E-state index < -0.39 is 11.4 Å². The summed E-state index contributed by atoms with van der Waals surface area (Å²) in [6, 6.07) is 8.10. The molecule has 0 saturated heterocycles. The fraction of sp³-hybridized carbons (Fsp3) is 0.438. The zero-order valence-corrected chi connectivity index (χ0v) is 10.6. The molecule has 0 heterocycles. The van der Waals surface area contributed by atoms with Crippen molar-refractivity contribution in [3.63, 3.8) is 0 Å². The molecule has 2 heteroatoms. The van der Waals surface area contributed by atoms with Crippen LogP contribution in [0, 0.1) is 5.92 Å². The summed E-state index contributed by atoms with van der Waals surface area (Å²) in [6.07, 6.45) is 6.69. The number of rotatable bonds is 1. The number of fused-ring (bicyclic) bond motifs is 3. The van der Waals surface area contributed by atoms with Crippen molar-refractivity contribution in [3.05, 3.63) is 47.5 Å². The van der Waals surface area contributed by atoms with Gasteiger partial charge in [-0.1, -0.05) is 43.3 Å². The third-order valence-electron chi connectivity index (χ3n) is 4.72. The highest BCUT2D eigenvalue weighted by Crippen LogP contribution is 2.51. The molecule has 0 aromatic heterocycles. The molecule has 1 N–H and O–H groups in total. The Morgan fingerprint density at radius 3 is 2.89 bits per heavy atom. The van der Waals surface area contributed by atoms with Gasteiger partial charge in [-0.05, 0) is 42.2 Å². The van der Waals surface area contributed by atoms with E-state index in [0.29, 0.717) is 12.3 Å². The van der Waals surface area contributed by atoms with E-state index in [1.807, 2.05) is 24.3 Å². The first-order valence-electron chi connectivity index (χ1n) is 6.64. The van der Waals surface area contributed by atoms with Crippen LogP contribution >= 0.6 is 0 Å². The molecule has 0 unspecified atom stereocenters. The third kappa shape index (κ3) is 1.38. The molecule has 94 valence electrons. The molecule has 3 rings (SSSR count). The van der Waals surface area contributed by atoms with Crippen LogP contribution in [0.2, 0.25) is 0 Å². The van der Waals surface area contributed by atoms with E-state index in [2.05, 4.69) is 19.1 Å². The van der Waals surface area contributed by atoms with Crippen LogP contribution in [0.1, 0.15) is 43.2 Å². The molecule has 2 nitrogen and oxygen atoms in total. The van der Waals surface area contributed by atoms with Gasteiger partial charge >= 0.3 is 5.97 Å². The molecule has 1 aromatic carbocycles. The zero-order chi connectivity index (χ0) is 12.8. The average Bonchev–Trinajstić information content (AvgIpc) is 2.39. The molecule has 0 saturated carbocycles. The first-order valence-corrected chi connectivity index (χ1v) is 6.64. The van der Waals surface area contributed by atoms with Gasteiger partial charge in [0.05, 0.1) is 5.41 Å². The highest BCUT2D eigenvalue weighted by atomic mass is 16.4. The predicted molar refractivity (Wildman–Crippen MR) is 70.7 cm³/mol. The number of hydrogen-bond donors (Lipinski definition) is 1. The SMILES string of the molecule is C[C@@H]1C[C@@H]2CC=CC[C@@]2(C(=O)O)c2ccccc21. The molecule has 0 fully saturated rings. The van der Waals surface area contributed by atoms with Gasteiger partial charge in [-0.2, -0.15) is 0 Å². The predicted octanol–water partition coefficient (Wildman–Crippen LogP) is 3.48. The van der Waals surface area contributed by atoms with Crippen LogP contribution in [0.25, 0.3) is 0 Å². The maximum atomic E-state index is 11.9. The Morgan fingerprint density at radius 1 is 1.33 bits per heavy atom. The summed E-state index contributed by atoms with van der Waals surface area (Å²) in [5.41, 5.74) is 1.59. The van der Waals surface area contributed by atoms with Crippen molar-refractivity contribution in [1.82, 2.24) is 0 Å². The van der Waals surface area contributed by atoms with Crippen LogP contribution in [0.15, 0.2) is 36.4 Å². The van der Waals surface area contributed by atoms with Gasteiger partial charge in [-0.15, -0.1) is 0 Å². The van der Waals surface area contributed by atoms with Crippen LogP contribution in [-0.4, -0.2) is 11.1 Å². The smallest absolute Gasteiger partial charge is 0.314 e. The molecule has 18 heavy (non-hydrogen) atoms. The molecule has 0 spiro atoms. The van der Waals surface area contributed by atoms with Gasteiger partial charge in [0, 0.05) is 0 Å². The topological polar surface area (TPSA) is 37.3 Å². The quantitative estimate of drug-likeness (QED) is 0.765. The normalized spacial score (nSPS) is 33.6. The van der Waals surface area contributed by atoms with Gasteiger partial charge < -0.3 is 5.11 Å². The summed E-state index contributed by atoms with van der Waals surface area (Å²) in [7, 11) is 0. The number of hydrogen-bond acceptors (Lipinski definition) is 1. The number of aliphatic carboxylic acids is 1. The lowest BCUT2D eigenvalue weighted by atomic mass is 9.57. The fourth-order valence-corrected chi connectivity index (χ4v) is 3.79. The van der Waals surface area contributed by atoms with Gasteiger partial charge in [-0.25, -0.2) is 0 Å². The molecule has 2 aliphatic carbocycles. The number of carboxylic acid groups (broad SMARTS) is 1. The van der Waals surface area contributed by atoms with Crippen molar-refractivity contribution < 1.29 is 9.90 Å². The van der Waals surface area contributed by atoms with Crippen LogP contribution in [0.4, 0.5) is 0 Å². The molecule has 2 aliphatic rings.